The highest BCUT2D eigenvalue weighted by Crippen LogP contribution is 2.13. The van der Waals surface area contributed by atoms with E-state index in [1.54, 1.807) is 6.20 Å². The number of aromatic nitrogens is 1. The van der Waals surface area contributed by atoms with Gasteiger partial charge in [-0.3, -0.25) is 4.98 Å². The van der Waals surface area contributed by atoms with Gasteiger partial charge >= 0.3 is 0 Å². The molecule has 1 aromatic heterocycles. The maximum absolute atomic E-state index is 5.91. The lowest BCUT2D eigenvalue weighted by Crippen LogP contribution is -2.14. The Bertz CT molecular complexity index is 589. The van der Waals surface area contributed by atoms with Crippen LogP contribution in [0.5, 0.6) is 0 Å². The molecule has 0 radical (unpaired) electrons. The average molecular weight is 293 g/mol. The van der Waals surface area contributed by atoms with E-state index in [0.717, 1.165) is 11.1 Å². The third-order valence-corrected chi connectivity index (χ3v) is 2.97. The van der Waals surface area contributed by atoms with Gasteiger partial charge in [-0.1, -0.05) is 42.0 Å². The van der Waals surface area contributed by atoms with E-state index in [4.69, 9.17) is 34.3 Å². The molecule has 2 N–H and O–H groups in total. The number of nitrogens with zero attached hydrogens (tertiary/aromatic N) is 1. The summed E-state index contributed by atoms with van der Waals surface area (Å²) in [5.41, 5.74) is 8.14. The molecule has 3 nitrogen and oxygen atoms in total. The minimum atomic E-state index is 0.280. The Morgan fingerprint density at radius 1 is 1.26 bits per heavy atom. The first-order chi connectivity index (χ1) is 9.16. The van der Waals surface area contributed by atoms with Gasteiger partial charge in [-0.25, -0.2) is 0 Å². The van der Waals surface area contributed by atoms with Crippen molar-refractivity contribution in [3.8, 4) is 0 Å². The molecular weight excluding hydrogens is 280 g/mol. The van der Waals surface area contributed by atoms with Gasteiger partial charge in [0.05, 0.1) is 13.2 Å². The minimum absolute atomic E-state index is 0.280. The second kappa shape index (κ2) is 6.61. The van der Waals surface area contributed by atoms with E-state index in [0.29, 0.717) is 23.9 Å². The summed E-state index contributed by atoms with van der Waals surface area (Å²) >= 11 is 10.9. The SMILES string of the molecule is NC(=S)c1ncccc1COCc1cccc(Cl)c1. The molecule has 0 aliphatic heterocycles. The summed E-state index contributed by atoms with van der Waals surface area (Å²) in [5.74, 6) is 0. The molecule has 98 valence electrons. The molecule has 19 heavy (non-hydrogen) atoms. The van der Waals surface area contributed by atoms with Gasteiger partial charge in [-0.2, -0.15) is 0 Å². The van der Waals surface area contributed by atoms with Crippen LogP contribution in [0.3, 0.4) is 0 Å². The zero-order valence-corrected chi connectivity index (χ0v) is 11.7. The van der Waals surface area contributed by atoms with Crippen LogP contribution in [-0.2, 0) is 18.0 Å². The molecule has 1 aromatic carbocycles. The fraction of sp³-hybridized carbons (Fsp3) is 0.143. The van der Waals surface area contributed by atoms with Crippen molar-refractivity contribution in [1.82, 2.24) is 4.98 Å². The van der Waals surface area contributed by atoms with E-state index >= 15 is 0 Å². The molecule has 0 spiro atoms. The van der Waals surface area contributed by atoms with Gasteiger partial charge in [0, 0.05) is 16.8 Å². The highest BCUT2D eigenvalue weighted by molar-refractivity contribution is 7.80. The molecule has 2 aromatic rings. The molecule has 0 saturated heterocycles. The number of benzene rings is 1. The average Bonchev–Trinajstić information content (AvgIpc) is 2.39. The maximum atomic E-state index is 5.91. The third-order valence-electron chi connectivity index (χ3n) is 2.54. The largest absolute Gasteiger partial charge is 0.388 e. The summed E-state index contributed by atoms with van der Waals surface area (Å²) in [7, 11) is 0. The summed E-state index contributed by atoms with van der Waals surface area (Å²) < 4.78 is 5.64. The molecule has 0 fully saturated rings. The first-order valence-corrected chi connectivity index (χ1v) is 6.51. The van der Waals surface area contributed by atoms with Crippen molar-refractivity contribution in [3.05, 3.63) is 64.4 Å². The fourth-order valence-corrected chi connectivity index (χ4v) is 2.08. The summed E-state index contributed by atoms with van der Waals surface area (Å²) in [6.07, 6.45) is 1.66. The van der Waals surface area contributed by atoms with Crippen molar-refractivity contribution >= 4 is 28.8 Å². The Kier molecular flexibility index (Phi) is 4.85. The van der Waals surface area contributed by atoms with Crippen LogP contribution in [0.15, 0.2) is 42.6 Å². The number of hydrogen-bond acceptors (Lipinski definition) is 3. The predicted molar refractivity (Wildman–Crippen MR) is 80.1 cm³/mol. The Morgan fingerprint density at radius 3 is 2.84 bits per heavy atom. The molecule has 0 bridgehead atoms. The van der Waals surface area contributed by atoms with Gasteiger partial charge in [0.2, 0.25) is 0 Å². The van der Waals surface area contributed by atoms with Crippen LogP contribution in [0.4, 0.5) is 0 Å². The molecular formula is C14H13ClN2OS. The molecule has 0 saturated carbocycles. The van der Waals surface area contributed by atoms with Gasteiger partial charge in [0.1, 0.15) is 10.7 Å². The van der Waals surface area contributed by atoms with Crippen LogP contribution in [0, 0.1) is 0 Å². The Balaban J connectivity index is 1.98. The smallest absolute Gasteiger partial charge is 0.123 e. The first kappa shape index (κ1) is 13.9. The number of pyridine rings is 1. The van der Waals surface area contributed by atoms with Crippen LogP contribution >= 0.6 is 23.8 Å². The number of thiocarbonyl (C=S) groups is 1. The van der Waals surface area contributed by atoms with Gasteiger partial charge in [0.15, 0.2) is 0 Å². The number of ether oxygens (including phenoxy) is 1. The molecule has 0 atom stereocenters. The van der Waals surface area contributed by atoms with E-state index < -0.39 is 0 Å². The lowest BCUT2D eigenvalue weighted by molar-refractivity contribution is 0.107. The van der Waals surface area contributed by atoms with Crippen LogP contribution < -0.4 is 5.73 Å². The zero-order chi connectivity index (χ0) is 13.7. The van der Waals surface area contributed by atoms with Crippen molar-refractivity contribution in [2.45, 2.75) is 13.2 Å². The third kappa shape index (κ3) is 3.99. The zero-order valence-electron chi connectivity index (χ0n) is 10.2. The van der Waals surface area contributed by atoms with Crippen molar-refractivity contribution in [3.63, 3.8) is 0 Å². The molecule has 1 heterocycles. The van der Waals surface area contributed by atoms with Gasteiger partial charge in [0.25, 0.3) is 0 Å². The lowest BCUT2D eigenvalue weighted by atomic mass is 10.2. The highest BCUT2D eigenvalue weighted by Gasteiger charge is 2.06. The molecule has 0 aliphatic carbocycles. The number of rotatable bonds is 5. The van der Waals surface area contributed by atoms with Gasteiger partial charge in [-0.15, -0.1) is 0 Å². The van der Waals surface area contributed by atoms with Crippen LogP contribution in [-0.4, -0.2) is 9.97 Å². The molecule has 0 aliphatic rings. The van der Waals surface area contributed by atoms with Crippen LogP contribution in [0.2, 0.25) is 5.02 Å². The van der Waals surface area contributed by atoms with E-state index in [-0.39, 0.29) is 4.99 Å². The van der Waals surface area contributed by atoms with Crippen LogP contribution in [0.1, 0.15) is 16.8 Å². The van der Waals surface area contributed by atoms with Crippen molar-refractivity contribution in [2.24, 2.45) is 5.73 Å². The molecule has 0 unspecified atom stereocenters. The van der Waals surface area contributed by atoms with Crippen molar-refractivity contribution in [2.75, 3.05) is 0 Å². The summed E-state index contributed by atoms with van der Waals surface area (Å²) in [6, 6.07) is 11.3. The van der Waals surface area contributed by atoms with E-state index in [1.807, 2.05) is 36.4 Å². The number of halogens is 1. The number of nitrogens with two attached hydrogens (primary N) is 1. The van der Waals surface area contributed by atoms with E-state index in [1.165, 1.54) is 0 Å². The highest BCUT2D eigenvalue weighted by atomic mass is 35.5. The topological polar surface area (TPSA) is 48.1 Å². The van der Waals surface area contributed by atoms with Crippen molar-refractivity contribution in [1.29, 1.82) is 0 Å². The predicted octanol–water partition coefficient (Wildman–Crippen LogP) is 3.09. The quantitative estimate of drug-likeness (QED) is 0.860. The van der Waals surface area contributed by atoms with Crippen molar-refractivity contribution < 1.29 is 4.74 Å². The first-order valence-electron chi connectivity index (χ1n) is 5.72. The molecule has 5 heteroatoms. The fourth-order valence-electron chi connectivity index (χ4n) is 1.68. The van der Waals surface area contributed by atoms with E-state index in [9.17, 15) is 0 Å². The molecule has 0 amide bonds. The lowest BCUT2D eigenvalue weighted by Gasteiger charge is -2.08. The normalized spacial score (nSPS) is 10.4. The van der Waals surface area contributed by atoms with Crippen LogP contribution in [0.25, 0.3) is 0 Å². The summed E-state index contributed by atoms with van der Waals surface area (Å²) in [4.78, 5) is 4.43. The maximum Gasteiger partial charge on any atom is 0.123 e. The van der Waals surface area contributed by atoms with E-state index in [2.05, 4.69) is 4.98 Å². The Hall–Kier alpha value is -1.49. The van der Waals surface area contributed by atoms with Gasteiger partial charge < -0.3 is 10.5 Å². The Morgan fingerprint density at radius 2 is 2.11 bits per heavy atom. The number of hydrogen-bond donors (Lipinski definition) is 1. The Labute approximate surface area is 122 Å². The van der Waals surface area contributed by atoms with Gasteiger partial charge in [-0.05, 0) is 23.8 Å². The second-order valence-electron chi connectivity index (χ2n) is 4.00. The minimum Gasteiger partial charge on any atom is -0.388 e. The summed E-state index contributed by atoms with van der Waals surface area (Å²) in [5, 5.41) is 0.700. The monoisotopic (exact) mass is 292 g/mol. The second-order valence-corrected chi connectivity index (χ2v) is 4.87. The summed E-state index contributed by atoms with van der Waals surface area (Å²) in [6.45, 7) is 0.888. The molecule has 2 rings (SSSR count). The standard InChI is InChI=1S/C14H13ClN2OS/c15-12-5-1-3-10(7-12)8-18-9-11-4-2-6-17-13(11)14(16)19/h1-7H,8-9H2,(H2,16,19).